The normalized spacial score (nSPS) is 8.55. The van der Waals surface area contributed by atoms with Crippen LogP contribution in [0.15, 0.2) is 4.99 Å². The van der Waals surface area contributed by atoms with Crippen molar-refractivity contribution in [1.29, 1.82) is 0 Å². The summed E-state index contributed by atoms with van der Waals surface area (Å²) in [6, 6.07) is 0. The van der Waals surface area contributed by atoms with Crippen molar-refractivity contribution >= 4 is 6.21 Å². The number of rotatable bonds is 4. The molecule has 0 aromatic heterocycles. The van der Waals surface area contributed by atoms with Gasteiger partial charge in [-0.05, 0) is 19.6 Å². The van der Waals surface area contributed by atoms with Gasteiger partial charge in [0.25, 0.3) is 0 Å². The van der Waals surface area contributed by atoms with Crippen LogP contribution in [0.4, 0.5) is 0 Å². The summed E-state index contributed by atoms with van der Waals surface area (Å²) in [5, 5.41) is 0. The summed E-state index contributed by atoms with van der Waals surface area (Å²) >= 11 is -2.00. The van der Waals surface area contributed by atoms with Crippen LogP contribution in [0.2, 0.25) is 0 Å². The molecule has 0 saturated heterocycles. The first-order chi connectivity index (χ1) is 5.33. The second-order valence-electron chi connectivity index (χ2n) is 1.95. The quantitative estimate of drug-likeness (QED) is 0.389. The van der Waals surface area contributed by atoms with Gasteiger partial charge in [-0.15, -0.1) is 0 Å². The van der Waals surface area contributed by atoms with Crippen LogP contribution in [-0.4, -0.2) is 12.8 Å². The van der Waals surface area contributed by atoms with Crippen molar-refractivity contribution < 1.29 is 25.7 Å². The fourth-order valence-corrected chi connectivity index (χ4v) is 0.582. The van der Waals surface area contributed by atoms with Gasteiger partial charge in [0.2, 0.25) is 0 Å². The van der Waals surface area contributed by atoms with Gasteiger partial charge in [0.05, 0.1) is 0 Å². The Balaban J connectivity index is 0. The summed E-state index contributed by atoms with van der Waals surface area (Å²) in [7, 11) is 0. The molecule has 11 heavy (non-hydrogen) atoms. The summed E-state index contributed by atoms with van der Waals surface area (Å²) in [5.74, 6) is 0. The van der Waals surface area contributed by atoms with Crippen molar-refractivity contribution in [2.75, 3.05) is 6.54 Å². The Morgan fingerprint density at radius 3 is 2.27 bits per heavy atom. The van der Waals surface area contributed by atoms with Gasteiger partial charge in [-0.25, -0.2) is 0 Å². The maximum atomic E-state index is 8.50. The summed E-state index contributed by atoms with van der Waals surface area (Å²) in [6.07, 6.45) is 5.73. The Labute approximate surface area is 76.9 Å². The second kappa shape index (κ2) is 16.5. The first-order valence-electron chi connectivity index (χ1n) is 3.77. The molecular formula is C7H15NO2Ti. The molecule has 0 spiro atoms. The third kappa shape index (κ3) is 25.6. The predicted octanol–water partition coefficient (Wildman–Crippen LogP) is 2.03. The molecule has 4 heteroatoms. The van der Waals surface area contributed by atoms with Crippen LogP contribution in [0, 0.1) is 0 Å². The Kier molecular flexibility index (Phi) is 20.4. The Morgan fingerprint density at radius 2 is 1.91 bits per heavy atom. The van der Waals surface area contributed by atoms with Crippen LogP contribution in [0.1, 0.15) is 33.1 Å². The Hall–Kier alpha value is -0.0157. The maximum absolute atomic E-state index is 8.50. The van der Waals surface area contributed by atoms with Crippen LogP contribution in [-0.2, 0) is 25.7 Å². The zero-order valence-electron chi connectivity index (χ0n) is 7.17. The molecule has 0 radical (unpaired) electrons. The van der Waals surface area contributed by atoms with Gasteiger partial charge in [0.15, 0.2) is 0 Å². The molecule has 0 aliphatic carbocycles. The van der Waals surface area contributed by atoms with Gasteiger partial charge in [-0.3, -0.25) is 4.99 Å². The molecule has 0 aromatic rings. The molecule has 0 saturated carbocycles. The van der Waals surface area contributed by atoms with Crippen LogP contribution >= 0.6 is 0 Å². The average Bonchev–Trinajstić information content (AvgIpc) is 2.00. The zero-order valence-corrected chi connectivity index (χ0v) is 8.73. The molecule has 64 valence electrons. The number of hydrogen-bond donors (Lipinski definition) is 0. The molecule has 0 rings (SSSR count). The summed E-state index contributed by atoms with van der Waals surface area (Å²) in [5.41, 5.74) is 0. The number of nitrogens with zero attached hydrogens (tertiary/aromatic N) is 1. The third-order valence-corrected chi connectivity index (χ3v) is 1.07. The molecule has 0 aliphatic rings. The standard InChI is InChI=1S/C7H15N.2O.Ti/c1-3-5-6-7-8-4-2;;;/h4H,3,5-7H2,1-2H3;;;. The van der Waals surface area contributed by atoms with E-state index in [1.165, 1.54) is 19.3 Å². The SMILES string of the molecule is CC=NCCCCC.[O]=[Ti]=[O]. The van der Waals surface area contributed by atoms with Gasteiger partial charge in [-0.2, -0.15) is 0 Å². The number of aliphatic imine (C=N–C) groups is 1. The fraction of sp³-hybridized carbons (Fsp3) is 0.857. The van der Waals surface area contributed by atoms with Gasteiger partial charge in [-0.1, -0.05) is 19.8 Å². The van der Waals surface area contributed by atoms with E-state index in [4.69, 9.17) is 6.65 Å². The van der Waals surface area contributed by atoms with E-state index in [9.17, 15) is 0 Å². The topological polar surface area (TPSA) is 46.5 Å². The molecule has 0 heterocycles. The van der Waals surface area contributed by atoms with E-state index in [0.717, 1.165) is 6.54 Å². The summed E-state index contributed by atoms with van der Waals surface area (Å²) < 4.78 is 17.0. The molecule has 0 aliphatic heterocycles. The number of hydrogen-bond acceptors (Lipinski definition) is 3. The molecule has 0 aromatic carbocycles. The van der Waals surface area contributed by atoms with Crippen molar-refractivity contribution in [2.45, 2.75) is 33.1 Å². The van der Waals surface area contributed by atoms with Gasteiger partial charge >= 0.3 is 25.7 Å². The van der Waals surface area contributed by atoms with Crippen LogP contribution in [0.3, 0.4) is 0 Å². The van der Waals surface area contributed by atoms with E-state index in [1.807, 2.05) is 13.1 Å². The molecule has 0 atom stereocenters. The molecule has 3 nitrogen and oxygen atoms in total. The molecular weight excluding hydrogens is 178 g/mol. The predicted molar refractivity (Wildman–Crippen MR) is 39.9 cm³/mol. The van der Waals surface area contributed by atoms with E-state index in [2.05, 4.69) is 11.9 Å². The monoisotopic (exact) mass is 193 g/mol. The molecule has 0 bridgehead atoms. The van der Waals surface area contributed by atoms with E-state index >= 15 is 0 Å². The Bertz CT molecular complexity index is 120. The fourth-order valence-electron chi connectivity index (χ4n) is 0.582. The Morgan fingerprint density at radius 1 is 1.36 bits per heavy atom. The molecule has 0 N–H and O–H groups in total. The summed E-state index contributed by atoms with van der Waals surface area (Å²) in [6.45, 7) is 5.19. The van der Waals surface area contributed by atoms with Gasteiger partial charge in [0.1, 0.15) is 0 Å². The van der Waals surface area contributed by atoms with Crippen molar-refractivity contribution in [3.05, 3.63) is 0 Å². The van der Waals surface area contributed by atoms with Crippen LogP contribution in [0.5, 0.6) is 0 Å². The van der Waals surface area contributed by atoms with E-state index in [0.29, 0.717) is 0 Å². The van der Waals surface area contributed by atoms with Gasteiger partial charge in [0, 0.05) is 6.54 Å². The zero-order chi connectivity index (χ0) is 8.95. The van der Waals surface area contributed by atoms with Crippen LogP contribution < -0.4 is 0 Å². The third-order valence-electron chi connectivity index (χ3n) is 1.07. The minimum atomic E-state index is -2.00. The first-order valence-corrected chi connectivity index (χ1v) is 5.04. The van der Waals surface area contributed by atoms with E-state index in [1.54, 1.807) is 0 Å². The number of unbranched alkanes of at least 4 members (excludes halogenated alkanes) is 2. The van der Waals surface area contributed by atoms with E-state index < -0.39 is 19.1 Å². The van der Waals surface area contributed by atoms with Crippen molar-refractivity contribution in [3.8, 4) is 0 Å². The van der Waals surface area contributed by atoms with Crippen molar-refractivity contribution in [3.63, 3.8) is 0 Å². The van der Waals surface area contributed by atoms with Crippen molar-refractivity contribution in [1.82, 2.24) is 0 Å². The average molecular weight is 193 g/mol. The summed E-state index contributed by atoms with van der Waals surface area (Å²) in [4.78, 5) is 4.08. The molecule has 0 amide bonds. The first kappa shape index (κ1) is 13.6. The van der Waals surface area contributed by atoms with Crippen molar-refractivity contribution in [2.24, 2.45) is 4.99 Å². The molecule has 0 fully saturated rings. The molecule has 0 unspecified atom stereocenters. The van der Waals surface area contributed by atoms with Crippen LogP contribution in [0.25, 0.3) is 0 Å². The van der Waals surface area contributed by atoms with E-state index in [-0.39, 0.29) is 0 Å². The minimum absolute atomic E-state index is 1.02. The second-order valence-corrected chi connectivity index (χ2v) is 2.22. The van der Waals surface area contributed by atoms with Gasteiger partial charge < -0.3 is 0 Å².